The van der Waals surface area contributed by atoms with Gasteiger partial charge in [-0.05, 0) is 60.5 Å². The minimum absolute atomic E-state index is 0. The number of nitrogens with one attached hydrogen (secondary N) is 1. The number of hydrogen-bond acceptors (Lipinski definition) is 3. The predicted molar refractivity (Wildman–Crippen MR) is 122 cm³/mol. The van der Waals surface area contributed by atoms with Crippen LogP contribution in [0.2, 0.25) is 0 Å². The van der Waals surface area contributed by atoms with Gasteiger partial charge >= 0.3 is 0 Å². The molecule has 0 amide bonds. The van der Waals surface area contributed by atoms with E-state index in [-0.39, 0.29) is 12.4 Å². The molecule has 4 nitrogen and oxygen atoms in total. The first-order valence-electron chi connectivity index (χ1n) is 10.3. The number of halogens is 1. The van der Waals surface area contributed by atoms with Crippen molar-refractivity contribution in [1.82, 2.24) is 9.62 Å². The molecule has 0 spiro atoms. The Bertz CT molecular complexity index is 867. The van der Waals surface area contributed by atoms with Crippen LogP contribution in [-0.4, -0.2) is 33.0 Å². The van der Waals surface area contributed by atoms with Crippen LogP contribution in [0.25, 0.3) is 0 Å². The molecule has 160 valence electrons. The second kappa shape index (κ2) is 11.1. The molecule has 2 aromatic rings. The van der Waals surface area contributed by atoms with Gasteiger partial charge in [-0.3, -0.25) is 4.90 Å². The average molecular weight is 437 g/mol. The summed E-state index contributed by atoms with van der Waals surface area (Å²) in [5.41, 5.74) is 4.08. The van der Waals surface area contributed by atoms with E-state index in [1.807, 2.05) is 12.1 Å². The van der Waals surface area contributed by atoms with Crippen LogP contribution in [0.4, 0.5) is 0 Å². The molecule has 0 atom stereocenters. The van der Waals surface area contributed by atoms with Crippen LogP contribution < -0.4 is 4.72 Å². The van der Waals surface area contributed by atoms with Crippen LogP contribution in [0, 0.1) is 0 Å². The molecule has 0 bridgehead atoms. The van der Waals surface area contributed by atoms with Crippen molar-refractivity contribution < 1.29 is 8.42 Å². The molecule has 0 aliphatic carbocycles. The van der Waals surface area contributed by atoms with Crippen LogP contribution in [0.5, 0.6) is 0 Å². The summed E-state index contributed by atoms with van der Waals surface area (Å²) >= 11 is 0. The van der Waals surface area contributed by atoms with Crippen molar-refractivity contribution >= 4 is 22.4 Å². The highest BCUT2D eigenvalue weighted by atomic mass is 35.5. The van der Waals surface area contributed by atoms with E-state index in [1.54, 1.807) is 12.1 Å². The predicted octanol–water partition coefficient (Wildman–Crippen LogP) is 4.74. The summed E-state index contributed by atoms with van der Waals surface area (Å²) in [6.07, 6.45) is 4.14. The fourth-order valence-corrected chi connectivity index (χ4v) is 4.78. The second-order valence-corrected chi connectivity index (χ2v) is 9.74. The van der Waals surface area contributed by atoms with Crippen LogP contribution in [0.3, 0.4) is 0 Å². The third kappa shape index (κ3) is 6.82. The standard InChI is InChI=1S/C23H32N2O2S.ClH/c1-19(2)20-10-12-23(13-11-20)28(26,27)24-15-6-3-7-16-25-17-14-21-8-4-5-9-22(21)18-25;/h4-5,8-13,19,24H,3,6-7,14-18H2,1-2H3;1H. The number of fused-ring (bicyclic) bond motifs is 1. The van der Waals surface area contributed by atoms with Crippen molar-refractivity contribution in [1.29, 1.82) is 0 Å². The SMILES string of the molecule is CC(C)c1ccc(S(=O)(=O)NCCCCCN2CCc3ccccc3C2)cc1.Cl. The summed E-state index contributed by atoms with van der Waals surface area (Å²) < 4.78 is 27.5. The van der Waals surface area contributed by atoms with Crippen LogP contribution in [0.1, 0.15) is 55.7 Å². The first kappa shape index (κ1) is 23.9. The lowest BCUT2D eigenvalue weighted by Gasteiger charge is -2.28. The van der Waals surface area contributed by atoms with Gasteiger partial charge in [-0.2, -0.15) is 0 Å². The van der Waals surface area contributed by atoms with Crippen molar-refractivity contribution in [2.75, 3.05) is 19.6 Å². The zero-order chi connectivity index (χ0) is 20.0. The van der Waals surface area contributed by atoms with Gasteiger partial charge < -0.3 is 0 Å². The van der Waals surface area contributed by atoms with E-state index >= 15 is 0 Å². The van der Waals surface area contributed by atoms with Gasteiger partial charge in [-0.25, -0.2) is 13.1 Å². The highest BCUT2D eigenvalue weighted by Gasteiger charge is 2.15. The average Bonchev–Trinajstić information content (AvgIpc) is 2.70. The van der Waals surface area contributed by atoms with Gasteiger partial charge in [0.2, 0.25) is 10.0 Å². The molecular formula is C23H33ClN2O2S. The van der Waals surface area contributed by atoms with Gasteiger partial charge in [-0.1, -0.05) is 56.7 Å². The Labute approximate surface area is 182 Å². The monoisotopic (exact) mass is 436 g/mol. The Hall–Kier alpha value is -1.40. The first-order chi connectivity index (χ1) is 13.5. The van der Waals surface area contributed by atoms with Crippen LogP contribution in [0.15, 0.2) is 53.4 Å². The largest absolute Gasteiger partial charge is 0.299 e. The van der Waals surface area contributed by atoms with E-state index in [0.29, 0.717) is 17.4 Å². The quantitative estimate of drug-likeness (QED) is 0.577. The van der Waals surface area contributed by atoms with Crippen LogP contribution >= 0.6 is 12.4 Å². The molecule has 29 heavy (non-hydrogen) atoms. The first-order valence-corrected chi connectivity index (χ1v) is 11.8. The summed E-state index contributed by atoms with van der Waals surface area (Å²) in [5.74, 6) is 0.401. The zero-order valence-electron chi connectivity index (χ0n) is 17.4. The molecule has 0 saturated heterocycles. The van der Waals surface area contributed by atoms with E-state index in [9.17, 15) is 8.42 Å². The van der Waals surface area contributed by atoms with Gasteiger partial charge in [0.15, 0.2) is 0 Å². The summed E-state index contributed by atoms with van der Waals surface area (Å²) in [7, 11) is -3.40. The molecule has 3 rings (SSSR count). The zero-order valence-corrected chi connectivity index (χ0v) is 19.1. The lowest BCUT2D eigenvalue weighted by molar-refractivity contribution is 0.248. The van der Waals surface area contributed by atoms with Gasteiger partial charge in [0, 0.05) is 19.6 Å². The van der Waals surface area contributed by atoms with Gasteiger partial charge in [0.05, 0.1) is 4.90 Å². The normalized spacial score (nSPS) is 14.4. The molecule has 2 aromatic carbocycles. The fraction of sp³-hybridized carbons (Fsp3) is 0.478. The molecule has 0 saturated carbocycles. The highest BCUT2D eigenvalue weighted by molar-refractivity contribution is 7.89. The number of sulfonamides is 1. The van der Waals surface area contributed by atoms with Crippen molar-refractivity contribution in [3.05, 3.63) is 65.2 Å². The summed E-state index contributed by atoms with van der Waals surface area (Å²) in [6.45, 7) is 7.94. The van der Waals surface area contributed by atoms with Crippen LogP contribution in [-0.2, 0) is 23.0 Å². The molecule has 0 aromatic heterocycles. The molecule has 1 heterocycles. The summed E-state index contributed by atoms with van der Waals surface area (Å²) in [5, 5.41) is 0. The topological polar surface area (TPSA) is 49.4 Å². The lowest BCUT2D eigenvalue weighted by Crippen LogP contribution is -2.31. The minimum atomic E-state index is -3.40. The number of unbranched alkanes of at least 4 members (excludes halogenated alkanes) is 2. The second-order valence-electron chi connectivity index (χ2n) is 7.98. The molecule has 6 heteroatoms. The number of benzene rings is 2. The number of hydrogen-bond donors (Lipinski definition) is 1. The fourth-order valence-electron chi connectivity index (χ4n) is 3.70. The smallest absolute Gasteiger partial charge is 0.240 e. The Morgan fingerprint density at radius 2 is 1.66 bits per heavy atom. The Morgan fingerprint density at radius 1 is 0.966 bits per heavy atom. The van der Waals surface area contributed by atoms with Gasteiger partial charge in [-0.15, -0.1) is 12.4 Å². The highest BCUT2D eigenvalue weighted by Crippen LogP contribution is 2.19. The Kier molecular flexibility index (Phi) is 9.15. The molecule has 1 aliphatic rings. The van der Waals surface area contributed by atoms with E-state index < -0.39 is 10.0 Å². The van der Waals surface area contributed by atoms with Gasteiger partial charge in [0.1, 0.15) is 0 Å². The lowest BCUT2D eigenvalue weighted by atomic mass is 10.00. The van der Waals surface area contributed by atoms with Crippen molar-refractivity contribution in [3.63, 3.8) is 0 Å². The third-order valence-corrected chi connectivity index (χ3v) is 6.99. The Morgan fingerprint density at radius 3 is 2.34 bits per heavy atom. The third-order valence-electron chi connectivity index (χ3n) is 5.51. The molecule has 1 N–H and O–H groups in total. The van der Waals surface area contributed by atoms with E-state index in [2.05, 4.69) is 47.7 Å². The molecular weight excluding hydrogens is 404 g/mol. The maximum absolute atomic E-state index is 12.4. The van der Waals surface area contributed by atoms with Gasteiger partial charge in [0.25, 0.3) is 0 Å². The molecule has 0 unspecified atom stereocenters. The maximum atomic E-state index is 12.4. The molecule has 0 radical (unpaired) electrons. The van der Waals surface area contributed by atoms with E-state index in [4.69, 9.17) is 0 Å². The van der Waals surface area contributed by atoms with Crippen molar-refractivity contribution in [2.24, 2.45) is 0 Å². The van der Waals surface area contributed by atoms with E-state index in [0.717, 1.165) is 50.9 Å². The van der Waals surface area contributed by atoms with Crippen molar-refractivity contribution in [2.45, 2.75) is 56.9 Å². The maximum Gasteiger partial charge on any atom is 0.240 e. The summed E-state index contributed by atoms with van der Waals surface area (Å²) in [6, 6.07) is 15.9. The van der Waals surface area contributed by atoms with Crippen molar-refractivity contribution in [3.8, 4) is 0 Å². The summed E-state index contributed by atoms with van der Waals surface area (Å²) in [4.78, 5) is 2.85. The number of rotatable bonds is 9. The Balaban J connectivity index is 0.00000300. The minimum Gasteiger partial charge on any atom is -0.299 e. The number of nitrogens with zero attached hydrogens (tertiary/aromatic N) is 1. The molecule has 1 aliphatic heterocycles. The molecule has 0 fully saturated rings. The van der Waals surface area contributed by atoms with E-state index in [1.165, 1.54) is 11.1 Å².